The van der Waals surface area contributed by atoms with Gasteiger partial charge >= 0.3 is 0 Å². The van der Waals surface area contributed by atoms with E-state index in [9.17, 15) is 40.0 Å². The first-order chi connectivity index (χ1) is 25.4. The number of anilines is 2. The molecule has 16 heteroatoms. The van der Waals surface area contributed by atoms with E-state index in [-0.39, 0.29) is 24.6 Å². The maximum atomic E-state index is 12.3. The summed E-state index contributed by atoms with van der Waals surface area (Å²) >= 11 is 11.4. The second kappa shape index (κ2) is 19.7. The maximum Gasteiger partial charge on any atom is 0.272 e. The van der Waals surface area contributed by atoms with E-state index in [2.05, 4.69) is 10.6 Å². The van der Waals surface area contributed by atoms with Crippen LogP contribution in [0.15, 0.2) is 84.9 Å². The van der Waals surface area contributed by atoms with Gasteiger partial charge in [0.15, 0.2) is 11.2 Å². The van der Waals surface area contributed by atoms with E-state index in [0.717, 1.165) is 24.0 Å². The molecule has 0 aliphatic carbocycles. The van der Waals surface area contributed by atoms with Crippen LogP contribution in [0.5, 0.6) is 11.5 Å². The minimum atomic E-state index is -1.79. The van der Waals surface area contributed by atoms with Crippen molar-refractivity contribution < 1.29 is 39.1 Å². The molecule has 0 spiro atoms. The lowest BCUT2D eigenvalue weighted by Gasteiger charge is -2.22. The Kier molecular flexibility index (Phi) is 15.7. The molecule has 288 valence electrons. The highest BCUT2D eigenvalue weighted by Crippen LogP contribution is 2.24. The predicted molar refractivity (Wildman–Crippen MR) is 207 cm³/mol. The van der Waals surface area contributed by atoms with Crippen LogP contribution >= 0.6 is 23.2 Å². The average Bonchev–Trinajstić information content (AvgIpc) is 3.11. The van der Waals surface area contributed by atoms with Gasteiger partial charge in [0.2, 0.25) is 0 Å². The SMILES string of the molecule is Cc1cc(NC(=O)C(C)(O)COc2ccc(CCCl)cc2)ccc1[N+](=O)[O-].Cc1cc(NC(=O)C(C)(O)COc2ccc(CCCl)cc2)ccc1[N+](=O)[O-]. The van der Waals surface area contributed by atoms with E-state index in [0.29, 0.717) is 45.8 Å². The highest BCUT2D eigenvalue weighted by molar-refractivity contribution is 6.18. The first-order valence-corrected chi connectivity index (χ1v) is 17.7. The number of benzene rings is 4. The quantitative estimate of drug-likeness (QED) is 0.0525. The molecule has 4 aromatic rings. The summed E-state index contributed by atoms with van der Waals surface area (Å²) in [6.45, 7) is 5.32. The Morgan fingerprint density at radius 2 is 0.981 bits per heavy atom. The first kappa shape index (κ1) is 43.1. The number of rotatable bonds is 16. The molecule has 4 rings (SSSR count). The van der Waals surface area contributed by atoms with Gasteiger partial charge in [0.05, 0.1) is 9.85 Å². The Morgan fingerprint density at radius 1 is 0.648 bits per heavy atom. The largest absolute Gasteiger partial charge is 0.490 e. The van der Waals surface area contributed by atoms with Gasteiger partial charge < -0.3 is 30.3 Å². The van der Waals surface area contributed by atoms with Crippen molar-refractivity contribution in [1.82, 2.24) is 0 Å². The molecule has 0 aromatic heterocycles. The Balaban J connectivity index is 0.000000290. The van der Waals surface area contributed by atoms with Crippen LogP contribution in [-0.2, 0) is 22.4 Å². The number of hydrogen-bond donors (Lipinski definition) is 4. The second-order valence-electron chi connectivity index (χ2n) is 12.7. The summed E-state index contributed by atoms with van der Waals surface area (Å²) < 4.78 is 11.0. The fraction of sp³-hybridized carbons (Fsp3) is 0.316. The summed E-state index contributed by atoms with van der Waals surface area (Å²) in [7, 11) is 0. The summed E-state index contributed by atoms with van der Waals surface area (Å²) in [5, 5.41) is 47.6. The minimum Gasteiger partial charge on any atom is -0.490 e. The molecule has 0 saturated heterocycles. The highest BCUT2D eigenvalue weighted by atomic mass is 35.5. The number of nitrogens with zero attached hydrogens (tertiary/aromatic N) is 2. The Morgan fingerprint density at radius 3 is 1.26 bits per heavy atom. The zero-order chi connectivity index (χ0) is 40.1. The number of aryl methyl sites for hydroxylation is 4. The number of aliphatic hydroxyl groups is 2. The molecule has 0 saturated carbocycles. The van der Waals surface area contributed by atoms with Gasteiger partial charge in [-0.25, -0.2) is 0 Å². The number of carbonyl (C=O) groups excluding carboxylic acids is 2. The van der Waals surface area contributed by atoms with Crippen LogP contribution in [0.25, 0.3) is 0 Å². The molecule has 0 radical (unpaired) electrons. The lowest BCUT2D eigenvalue weighted by Crippen LogP contribution is -2.45. The van der Waals surface area contributed by atoms with Gasteiger partial charge in [-0.1, -0.05) is 24.3 Å². The average molecular weight is 786 g/mol. The van der Waals surface area contributed by atoms with Gasteiger partial charge in [-0.05, 0) is 100 Å². The van der Waals surface area contributed by atoms with Crippen molar-refractivity contribution in [3.05, 3.63) is 127 Å². The minimum absolute atomic E-state index is 0.0410. The van der Waals surface area contributed by atoms with E-state index >= 15 is 0 Å². The molecule has 2 atom stereocenters. The van der Waals surface area contributed by atoms with Gasteiger partial charge in [0.25, 0.3) is 23.2 Å². The first-order valence-electron chi connectivity index (χ1n) is 16.6. The van der Waals surface area contributed by atoms with Crippen LogP contribution in [0.1, 0.15) is 36.1 Å². The predicted octanol–water partition coefficient (Wildman–Crippen LogP) is 6.91. The van der Waals surface area contributed by atoms with E-state index in [1.54, 1.807) is 38.1 Å². The third-order valence-corrected chi connectivity index (χ3v) is 8.31. The van der Waals surface area contributed by atoms with Gasteiger partial charge in [-0.15, -0.1) is 23.2 Å². The number of nitro groups is 2. The summed E-state index contributed by atoms with van der Waals surface area (Å²) in [4.78, 5) is 45.4. The van der Waals surface area contributed by atoms with Crippen LogP contribution in [0.2, 0.25) is 0 Å². The lowest BCUT2D eigenvalue weighted by atomic mass is 10.1. The fourth-order valence-electron chi connectivity index (χ4n) is 4.71. The summed E-state index contributed by atoms with van der Waals surface area (Å²) in [5.74, 6) is 0.748. The highest BCUT2D eigenvalue weighted by Gasteiger charge is 2.33. The molecule has 14 nitrogen and oxygen atoms in total. The molecular formula is C38H42Cl2N4O10. The summed E-state index contributed by atoms with van der Waals surface area (Å²) in [6, 6.07) is 22.8. The van der Waals surface area contributed by atoms with Crippen LogP contribution in [0.3, 0.4) is 0 Å². The van der Waals surface area contributed by atoms with Gasteiger partial charge in [-0.2, -0.15) is 0 Å². The molecule has 2 unspecified atom stereocenters. The van der Waals surface area contributed by atoms with E-state index in [1.807, 2.05) is 24.3 Å². The smallest absolute Gasteiger partial charge is 0.272 e. The summed E-state index contributed by atoms with van der Waals surface area (Å²) in [5.41, 5.74) is 0.000818. The van der Waals surface area contributed by atoms with Gasteiger partial charge in [-0.3, -0.25) is 29.8 Å². The van der Waals surface area contributed by atoms with Crippen molar-refractivity contribution >= 4 is 57.8 Å². The Hall–Kier alpha value is -5.28. The molecule has 0 heterocycles. The topological polar surface area (TPSA) is 203 Å². The number of carbonyl (C=O) groups is 2. The third kappa shape index (κ3) is 13.0. The molecule has 4 N–H and O–H groups in total. The summed E-state index contributed by atoms with van der Waals surface area (Å²) in [6.07, 6.45) is 1.49. The van der Waals surface area contributed by atoms with E-state index in [4.69, 9.17) is 32.7 Å². The standard InChI is InChI=1S/2C19H21ClN2O5/c2*1-13-11-15(5-8-17(13)22(25)26)21-18(23)19(2,24)12-27-16-6-3-14(4-7-16)9-10-20/h2*3-8,11,24H,9-10,12H2,1-2H3,(H,21,23). The second-order valence-corrected chi connectivity index (χ2v) is 13.5. The zero-order valence-corrected chi connectivity index (χ0v) is 31.6. The lowest BCUT2D eigenvalue weighted by molar-refractivity contribution is -0.385. The monoisotopic (exact) mass is 784 g/mol. The number of alkyl halides is 2. The fourth-order valence-corrected chi connectivity index (χ4v) is 5.15. The normalized spacial score (nSPS) is 12.9. The number of amides is 2. The molecular weight excluding hydrogens is 743 g/mol. The van der Waals surface area contributed by atoms with Crippen molar-refractivity contribution in [1.29, 1.82) is 0 Å². The molecule has 0 aliphatic heterocycles. The number of nitro benzene ring substituents is 2. The van der Waals surface area contributed by atoms with E-state index < -0.39 is 32.9 Å². The number of ether oxygens (including phenoxy) is 2. The Labute approximate surface area is 322 Å². The molecule has 0 fully saturated rings. The van der Waals surface area contributed by atoms with Gasteiger partial charge in [0, 0.05) is 46.4 Å². The van der Waals surface area contributed by atoms with Crippen LogP contribution < -0.4 is 20.1 Å². The molecule has 0 bridgehead atoms. The molecule has 4 aromatic carbocycles. The van der Waals surface area contributed by atoms with Crippen LogP contribution in [0, 0.1) is 34.1 Å². The Bertz CT molecular complexity index is 1780. The molecule has 2 amide bonds. The maximum absolute atomic E-state index is 12.3. The van der Waals surface area contributed by atoms with Crippen LogP contribution in [-0.4, -0.2) is 68.0 Å². The van der Waals surface area contributed by atoms with Crippen molar-refractivity contribution in [2.24, 2.45) is 0 Å². The zero-order valence-electron chi connectivity index (χ0n) is 30.1. The van der Waals surface area contributed by atoms with Crippen molar-refractivity contribution in [3.63, 3.8) is 0 Å². The number of halogens is 2. The molecule has 0 aliphatic rings. The molecule has 54 heavy (non-hydrogen) atoms. The van der Waals surface area contributed by atoms with E-state index in [1.165, 1.54) is 50.2 Å². The third-order valence-electron chi connectivity index (χ3n) is 7.93. The van der Waals surface area contributed by atoms with Crippen molar-refractivity contribution in [2.75, 3.05) is 35.6 Å². The number of hydrogen-bond acceptors (Lipinski definition) is 10. The van der Waals surface area contributed by atoms with Crippen molar-refractivity contribution in [2.45, 2.75) is 51.7 Å². The number of nitrogens with one attached hydrogen (secondary N) is 2. The van der Waals surface area contributed by atoms with Gasteiger partial charge in [0.1, 0.15) is 24.7 Å². The van der Waals surface area contributed by atoms with Crippen molar-refractivity contribution in [3.8, 4) is 11.5 Å². The van der Waals surface area contributed by atoms with Crippen LogP contribution in [0.4, 0.5) is 22.7 Å².